The molecule has 0 unspecified atom stereocenters. The molecular formula is C24H25N3O3S. The Kier molecular flexibility index (Phi) is 6.44. The second-order valence-electron chi connectivity index (χ2n) is 7.76. The van der Waals surface area contributed by atoms with Crippen molar-refractivity contribution < 1.29 is 14.7 Å². The molecule has 0 saturated carbocycles. The minimum absolute atomic E-state index is 0.0503. The van der Waals surface area contributed by atoms with Crippen molar-refractivity contribution in [2.45, 2.75) is 19.8 Å². The first kappa shape index (κ1) is 21.2. The van der Waals surface area contributed by atoms with Crippen LogP contribution in [0.4, 0.5) is 5.69 Å². The molecule has 0 bridgehead atoms. The molecular weight excluding hydrogens is 410 g/mol. The Bertz CT molecular complexity index is 1070. The van der Waals surface area contributed by atoms with Gasteiger partial charge in [0, 0.05) is 30.9 Å². The van der Waals surface area contributed by atoms with Gasteiger partial charge in [-0.1, -0.05) is 12.1 Å². The lowest BCUT2D eigenvalue weighted by molar-refractivity contribution is 0.0650. The van der Waals surface area contributed by atoms with Crippen LogP contribution in [0.25, 0.3) is 10.6 Å². The van der Waals surface area contributed by atoms with Crippen molar-refractivity contribution in [2.75, 3.05) is 25.0 Å². The molecule has 0 atom stereocenters. The molecule has 31 heavy (non-hydrogen) atoms. The molecule has 4 rings (SSSR count). The van der Waals surface area contributed by atoms with E-state index < -0.39 is 0 Å². The van der Waals surface area contributed by atoms with Crippen molar-refractivity contribution in [1.29, 1.82) is 0 Å². The molecule has 2 N–H and O–H groups in total. The van der Waals surface area contributed by atoms with Gasteiger partial charge >= 0.3 is 0 Å². The number of aliphatic hydroxyl groups is 1. The molecule has 160 valence electrons. The number of anilines is 1. The number of hydrogen-bond donors (Lipinski definition) is 2. The van der Waals surface area contributed by atoms with E-state index in [2.05, 4.69) is 10.3 Å². The zero-order chi connectivity index (χ0) is 21.8. The number of carbonyl (C=O) groups is 2. The first-order chi connectivity index (χ1) is 15.0. The molecule has 0 radical (unpaired) electrons. The number of nitrogens with zero attached hydrogens (tertiary/aromatic N) is 2. The number of aryl methyl sites for hydroxylation is 1. The summed E-state index contributed by atoms with van der Waals surface area (Å²) in [7, 11) is 0. The molecule has 2 aromatic heterocycles. The topological polar surface area (TPSA) is 82.5 Å². The van der Waals surface area contributed by atoms with Gasteiger partial charge in [-0.25, -0.2) is 0 Å². The Morgan fingerprint density at radius 3 is 2.65 bits per heavy atom. The molecule has 6 nitrogen and oxygen atoms in total. The van der Waals surface area contributed by atoms with E-state index >= 15 is 0 Å². The van der Waals surface area contributed by atoms with Crippen molar-refractivity contribution in [3.63, 3.8) is 0 Å². The fraction of sp³-hybridized carbons (Fsp3) is 0.292. The van der Waals surface area contributed by atoms with Crippen LogP contribution in [0.1, 0.15) is 39.3 Å². The van der Waals surface area contributed by atoms with Gasteiger partial charge in [-0.2, -0.15) is 0 Å². The van der Waals surface area contributed by atoms with Gasteiger partial charge in [-0.3, -0.25) is 14.6 Å². The number of pyridine rings is 1. The lowest BCUT2D eigenvalue weighted by Crippen LogP contribution is -2.39. The molecule has 3 aromatic rings. The zero-order valence-electron chi connectivity index (χ0n) is 17.4. The van der Waals surface area contributed by atoms with Crippen LogP contribution < -0.4 is 5.32 Å². The zero-order valence-corrected chi connectivity index (χ0v) is 18.2. The van der Waals surface area contributed by atoms with Gasteiger partial charge in [0.25, 0.3) is 11.8 Å². The Balaban J connectivity index is 1.45. The van der Waals surface area contributed by atoms with Crippen LogP contribution in [0.5, 0.6) is 0 Å². The molecule has 1 saturated heterocycles. The fourth-order valence-corrected chi connectivity index (χ4v) is 4.49. The number of aromatic nitrogens is 1. The molecule has 0 spiro atoms. The molecule has 3 heterocycles. The number of thiophene rings is 1. The summed E-state index contributed by atoms with van der Waals surface area (Å²) in [6.45, 7) is 3.28. The lowest BCUT2D eigenvalue weighted by Gasteiger charge is -2.31. The first-order valence-electron chi connectivity index (χ1n) is 10.4. The lowest BCUT2D eigenvalue weighted by atomic mass is 9.97. The van der Waals surface area contributed by atoms with Crippen LogP contribution in [0, 0.1) is 12.8 Å². The average Bonchev–Trinajstić information content (AvgIpc) is 3.34. The molecule has 1 aliphatic rings. The Morgan fingerprint density at radius 2 is 1.97 bits per heavy atom. The number of aliphatic hydroxyl groups excluding tert-OH is 1. The summed E-state index contributed by atoms with van der Waals surface area (Å²) in [6, 6.07) is 14.6. The highest BCUT2D eigenvalue weighted by molar-refractivity contribution is 7.13. The van der Waals surface area contributed by atoms with Gasteiger partial charge in [0.2, 0.25) is 0 Å². The van der Waals surface area contributed by atoms with Crippen LogP contribution in [0.3, 0.4) is 0 Å². The van der Waals surface area contributed by atoms with Crippen molar-refractivity contribution in [1.82, 2.24) is 9.88 Å². The Labute approximate surface area is 185 Å². The summed E-state index contributed by atoms with van der Waals surface area (Å²) in [5, 5.41) is 14.2. The number of benzene rings is 1. The maximum Gasteiger partial charge on any atom is 0.257 e. The predicted molar refractivity (Wildman–Crippen MR) is 122 cm³/mol. The van der Waals surface area contributed by atoms with Crippen LogP contribution in [0.2, 0.25) is 0 Å². The van der Waals surface area contributed by atoms with Crippen molar-refractivity contribution in [2.24, 2.45) is 5.92 Å². The standard InChI is InChI=1S/C24H25N3O3S/c1-16-20(7-8-21(25-16)22-6-3-13-31-22)23(29)26-19-5-2-4-18(14-19)24(30)27-11-9-17(15-28)10-12-27/h2-8,13-14,17,28H,9-12,15H2,1H3,(H,26,29). The largest absolute Gasteiger partial charge is 0.396 e. The van der Waals surface area contributed by atoms with Crippen molar-refractivity contribution in [3.8, 4) is 10.6 Å². The quantitative estimate of drug-likeness (QED) is 0.629. The highest BCUT2D eigenvalue weighted by atomic mass is 32.1. The number of piperidine rings is 1. The van der Waals surface area contributed by atoms with Crippen LogP contribution in [-0.2, 0) is 0 Å². The number of rotatable bonds is 5. The van der Waals surface area contributed by atoms with Crippen LogP contribution in [0.15, 0.2) is 53.9 Å². The van der Waals surface area contributed by atoms with Gasteiger partial charge in [0.15, 0.2) is 0 Å². The molecule has 1 aromatic carbocycles. The van der Waals surface area contributed by atoms with Gasteiger partial charge in [0.1, 0.15) is 0 Å². The average molecular weight is 436 g/mol. The van der Waals surface area contributed by atoms with E-state index in [1.807, 2.05) is 35.4 Å². The molecule has 1 fully saturated rings. The third-order valence-corrected chi connectivity index (χ3v) is 6.52. The summed E-state index contributed by atoms with van der Waals surface area (Å²) in [4.78, 5) is 33.1. The van der Waals surface area contributed by atoms with Gasteiger partial charge < -0.3 is 15.3 Å². The van der Waals surface area contributed by atoms with Gasteiger partial charge in [-0.05, 0) is 67.5 Å². The number of hydrogen-bond acceptors (Lipinski definition) is 5. The second-order valence-corrected chi connectivity index (χ2v) is 8.71. The van der Waals surface area contributed by atoms with Crippen LogP contribution >= 0.6 is 11.3 Å². The van der Waals surface area contributed by atoms with E-state index in [0.717, 1.165) is 23.4 Å². The second kappa shape index (κ2) is 9.41. The summed E-state index contributed by atoms with van der Waals surface area (Å²) in [6.07, 6.45) is 1.62. The molecule has 7 heteroatoms. The summed E-state index contributed by atoms with van der Waals surface area (Å²) < 4.78 is 0. The smallest absolute Gasteiger partial charge is 0.257 e. The van der Waals surface area contributed by atoms with E-state index in [9.17, 15) is 14.7 Å². The van der Waals surface area contributed by atoms with E-state index in [1.165, 1.54) is 0 Å². The maximum atomic E-state index is 12.8. The highest BCUT2D eigenvalue weighted by Crippen LogP contribution is 2.24. The van der Waals surface area contributed by atoms with Gasteiger partial charge in [0.05, 0.1) is 21.8 Å². The Hall–Kier alpha value is -3.03. The minimum Gasteiger partial charge on any atom is -0.396 e. The van der Waals surface area contributed by atoms with E-state index in [-0.39, 0.29) is 24.3 Å². The van der Waals surface area contributed by atoms with E-state index in [4.69, 9.17) is 0 Å². The summed E-state index contributed by atoms with van der Waals surface area (Å²) in [5.41, 5.74) is 3.12. The molecule has 2 amide bonds. The van der Waals surface area contributed by atoms with Crippen molar-refractivity contribution in [3.05, 3.63) is 70.7 Å². The minimum atomic E-state index is -0.254. The van der Waals surface area contributed by atoms with E-state index in [0.29, 0.717) is 35.6 Å². The first-order valence-corrected chi connectivity index (χ1v) is 11.3. The predicted octanol–water partition coefficient (Wildman–Crippen LogP) is 4.22. The number of likely N-dealkylation sites (tertiary alicyclic amines) is 1. The summed E-state index contributed by atoms with van der Waals surface area (Å²) >= 11 is 1.61. The maximum absolute atomic E-state index is 12.8. The SMILES string of the molecule is Cc1nc(-c2cccs2)ccc1C(=O)Nc1cccc(C(=O)N2CCC(CO)CC2)c1. The third-order valence-electron chi connectivity index (χ3n) is 5.63. The number of nitrogens with one attached hydrogen (secondary N) is 1. The number of amides is 2. The van der Waals surface area contributed by atoms with Crippen LogP contribution in [-0.4, -0.2) is 46.5 Å². The van der Waals surface area contributed by atoms with E-state index in [1.54, 1.807) is 41.7 Å². The highest BCUT2D eigenvalue weighted by Gasteiger charge is 2.23. The summed E-state index contributed by atoms with van der Waals surface area (Å²) in [5.74, 6) is -0.0283. The fourth-order valence-electron chi connectivity index (χ4n) is 3.79. The third kappa shape index (κ3) is 4.84. The molecule has 1 aliphatic heterocycles. The van der Waals surface area contributed by atoms with Crippen molar-refractivity contribution >= 4 is 28.8 Å². The normalized spacial score (nSPS) is 14.5. The monoisotopic (exact) mass is 435 g/mol. The molecule has 0 aliphatic carbocycles. The number of carbonyl (C=O) groups excluding carboxylic acids is 2. The Morgan fingerprint density at radius 1 is 1.16 bits per heavy atom. The van der Waals surface area contributed by atoms with Gasteiger partial charge in [-0.15, -0.1) is 11.3 Å².